The lowest BCUT2D eigenvalue weighted by molar-refractivity contribution is -0.144. The van der Waals surface area contributed by atoms with Crippen molar-refractivity contribution in [1.29, 1.82) is 0 Å². The average Bonchev–Trinajstić information content (AvgIpc) is 2.93. The monoisotopic (exact) mass is 309 g/mol. The zero-order valence-corrected chi connectivity index (χ0v) is 11.1. The molecule has 0 saturated carbocycles. The molecule has 0 N–H and O–H groups in total. The third kappa shape index (κ3) is 2.54. The minimum atomic E-state index is -2.22. The van der Waals surface area contributed by atoms with Gasteiger partial charge in [-0.05, 0) is 19.8 Å². The lowest BCUT2D eigenvalue weighted by Gasteiger charge is -2.26. The van der Waals surface area contributed by atoms with E-state index in [1.807, 2.05) is 0 Å². The van der Waals surface area contributed by atoms with Gasteiger partial charge in [-0.3, -0.25) is 0 Å². The number of carbonyl (C=O) groups is 1. The largest absolute Gasteiger partial charge is 0.464 e. The second-order valence-electron chi connectivity index (χ2n) is 4.52. The Labute approximate surface area is 117 Å². The van der Waals surface area contributed by atoms with Gasteiger partial charge in [-0.1, -0.05) is 0 Å². The molecule has 0 bridgehead atoms. The number of anilines is 1. The molecule has 116 valence electrons. The van der Waals surface area contributed by atoms with E-state index in [0.717, 1.165) is 4.90 Å². The van der Waals surface area contributed by atoms with Gasteiger partial charge >= 0.3 is 5.97 Å². The first-order valence-corrected chi connectivity index (χ1v) is 6.34. The summed E-state index contributed by atoms with van der Waals surface area (Å²) in [5.74, 6) is -10.9. The highest BCUT2D eigenvalue weighted by Gasteiger charge is 2.38. The maximum Gasteiger partial charge on any atom is 0.328 e. The van der Waals surface area contributed by atoms with Crippen LogP contribution < -0.4 is 4.90 Å². The second kappa shape index (κ2) is 5.87. The summed E-state index contributed by atoms with van der Waals surface area (Å²) in [5, 5.41) is 0. The molecule has 1 aliphatic rings. The van der Waals surface area contributed by atoms with Crippen molar-refractivity contribution in [3.8, 4) is 0 Å². The summed E-state index contributed by atoms with van der Waals surface area (Å²) in [7, 11) is 0. The molecule has 2 rings (SSSR count). The number of ether oxygens (including phenoxy) is 1. The van der Waals surface area contributed by atoms with Gasteiger partial charge < -0.3 is 9.64 Å². The molecule has 1 aromatic rings. The predicted octanol–water partition coefficient (Wildman–Crippen LogP) is 2.91. The van der Waals surface area contributed by atoms with E-state index < -0.39 is 46.8 Å². The number of nitrogens with zero attached hydrogens (tertiary/aromatic N) is 1. The van der Waals surface area contributed by atoms with E-state index >= 15 is 0 Å². The molecule has 1 fully saturated rings. The molecular weight excluding hydrogens is 297 g/mol. The molecule has 1 unspecified atom stereocenters. The van der Waals surface area contributed by atoms with Crippen molar-refractivity contribution in [2.24, 2.45) is 0 Å². The summed E-state index contributed by atoms with van der Waals surface area (Å²) in [6, 6.07) is -1.06. The fourth-order valence-corrected chi connectivity index (χ4v) is 2.36. The molecule has 8 heteroatoms. The molecule has 0 spiro atoms. The zero-order valence-electron chi connectivity index (χ0n) is 11.1. The van der Waals surface area contributed by atoms with Crippen LogP contribution in [0.2, 0.25) is 0 Å². The van der Waals surface area contributed by atoms with Crippen molar-refractivity contribution < 1.29 is 31.5 Å². The van der Waals surface area contributed by atoms with Gasteiger partial charge in [0.15, 0.2) is 23.3 Å². The summed E-state index contributed by atoms with van der Waals surface area (Å²) >= 11 is 0. The van der Waals surface area contributed by atoms with Crippen LogP contribution in [0.5, 0.6) is 0 Å². The molecule has 1 atom stereocenters. The standard InChI is InChI=1S/C13H12F5NO2/c1-2-21-13(20)6-4-3-5-19(6)12-10(17)8(15)7(14)9(16)11(12)18/h6H,2-5H2,1H3. The minimum absolute atomic E-state index is 0.00182. The van der Waals surface area contributed by atoms with Crippen LogP contribution in [0.1, 0.15) is 19.8 Å². The van der Waals surface area contributed by atoms with E-state index in [9.17, 15) is 26.7 Å². The Hall–Kier alpha value is -1.86. The Bertz CT molecular complexity index is 549. The number of benzene rings is 1. The third-order valence-corrected chi connectivity index (χ3v) is 3.29. The van der Waals surface area contributed by atoms with E-state index in [1.54, 1.807) is 6.92 Å². The van der Waals surface area contributed by atoms with Gasteiger partial charge in [0.25, 0.3) is 0 Å². The van der Waals surface area contributed by atoms with Gasteiger partial charge in [-0.2, -0.15) is 0 Å². The van der Waals surface area contributed by atoms with Gasteiger partial charge in [-0.25, -0.2) is 26.7 Å². The SMILES string of the molecule is CCOC(=O)C1CCCN1c1c(F)c(F)c(F)c(F)c1F. The average molecular weight is 309 g/mol. The lowest BCUT2D eigenvalue weighted by atomic mass is 10.2. The lowest BCUT2D eigenvalue weighted by Crippen LogP contribution is -2.38. The van der Waals surface area contributed by atoms with Gasteiger partial charge in [0.2, 0.25) is 5.82 Å². The molecule has 1 aliphatic heterocycles. The summed E-state index contributed by atoms with van der Waals surface area (Å²) in [6.45, 7) is 1.61. The topological polar surface area (TPSA) is 29.5 Å². The van der Waals surface area contributed by atoms with Crippen LogP contribution in [-0.4, -0.2) is 25.2 Å². The van der Waals surface area contributed by atoms with Gasteiger partial charge in [-0.15, -0.1) is 0 Å². The van der Waals surface area contributed by atoms with E-state index in [0.29, 0.717) is 6.42 Å². The number of hydrogen-bond acceptors (Lipinski definition) is 3. The fraction of sp³-hybridized carbons (Fsp3) is 0.462. The highest BCUT2D eigenvalue weighted by atomic mass is 19.2. The van der Waals surface area contributed by atoms with Gasteiger partial charge in [0.1, 0.15) is 11.7 Å². The van der Waals surface area contributed by atoms with Crippen molar-refractivity contribution in [2.75, 3.05) is 18.1 Å². The summed E-state index contributed by atoms with van der Waals surface area (Å²) in [4.78, 5) is 12.6. The van der Waals surface area contributed by atoms with Crippen LogP contribution in [0.4, 0.5) is 27.6 Å². The van der Waals surface area contributed by atoms with E-state index in [-0.39, 0.29) is 19.6 Å². The first-order chi connectivity index (χ1) is 9.90. The van der Waals surface area contributed by atoms with Crippen LogP contribution in [0.3, 0.4) is 0 Å². The fourth-order valence-electron chi connectivity index (χ4n) is 2.36. The molecule has 1 heterocycles. The number of esters is 1. The zero-order chi connectivity index (χ0) is 15.7. The molecule has 21 heavy (non-hydrogen) atoms. The Kier molecular flexibility index (Phi) is 4.34. The van der Waals surface area contributed by atoms with Gasteiger partial charge in [0.05, 0.1) is 6.61 Å². The molecular formula is C13H12F5NO2. The van der Waals surface area contributed by atoms with Crippen molar-refractivity contribution in [3.05, 3.63) is 29.1 Å². The highest BCUT2D eigenvalue weighted by Crippen LogP contribution is 2.34. The molecule has 1 aromatic carbocycles. The summed E-state index contributed by atoms with van der Waals surface area (Å²) in [6.07, 6.45) is 0.599. The summed E-state index contributed by atoms with van der Waals surface area (Å²) in [5.41, 5.74) is -1.08. The molecule has 3 nitrogen and oxygen atoms in total. The predicted molar refractivity (Wildman–Crippen MR) is 63.2 cm³/mol. The van der Waals surface area contributed by atoms with Crippen LogP contribution in [0.25, 0.3) is 0 Å². The molecule has 0 radical (unpaired) electrons. The van der Waals surface area contributed by atoms with Crippen LogP contribution in [-0.2, 0) is 9.53 Å². The summed E-state index contributed by atoms with van der Waals surface area (Å²) < 4.78 is 71.8. The number of halogens is 5. The van der Waals surface area contributed by atoms with Crippen molar-refractivity contribution in [3.63, 3.8) is 0 Å². The Morgan fingerprint density at radius 1 is 1.10 bits per heavy atom. The number of hydrogen-bond donors (Lipinski definition) is 0. The minimum Gasteiger partial charge on any atom is -0.464 e. The number of rotatable bonds is 3. The Morgan fingerprint density at radius 3 is 2.14 bits per heavy atom. The Morgan fingerprint density at radius 2 is 1.62 bits per heavy atom. The third-order valence-electron chi connectivity index (χ3n) is 3.29. The van der Waals surface area contributed by atoms with Crippen molar-refractivity contribution in [1.82, 2.24) is 0 Å². The molecule has 0 amide bonds. The first-order valence-electron chi connectivity index (χ1n) is 6.34. The number of carbonyl (C=O) groups excluding carboxylic acids is 1. The quantitative estimate of drug-likeness (QED) is 0.372. The first kappa shape index (κ1) is 15.5. The maximum atomic E-state index is 13.8. The molecule has 1 saturated heterocycles. The van der Waals surface area contributed by atoms with E-state index in [1.165, 1.54) is 0 Å². The van der Waals surface area contributed by atoms with Crippen molar-refractivity contribution in [2.45, 2.75) is 25.8 Å². The van der Waals surface area contributed by atoms with Gasteiger partial charge in [0, 0.05) is 6.54 Å². The normalized spacial score (nSPS) is 18.2. The van der Waals surface area contributed by atoms with E-state index in [4.69, 9.17) is 4.74 Å². The molecule has 0 aliphatic carbocycles. The smallest absolute Gasteiger partial charge is 0.328 e. The van der Waals surface area contributed by atoms with Crippen LogP contribution in [0.15, 0.2) is 0 Å². The van der Waals surface area contributed by atoms with Crippen molar-refractivity contribution >= 4 is 11.7 Å². The molecule has 0 aromatic heterocycles. The van der Waals surface area contributed by atoms with Crippen LogP contribution in [0, 0.1) is 29.1 Å². The highest BCUT2D eigenvalue weighted by molar-refractivity contribution is 5.81. The maximum absolute atomic E-state index is 13.8. The van der Waals surface area contributed by atoms with Crippen LogP contribution >= 0.6 is 0 Å². The second-order valence-corrected chi connectivity index (χ2v) is 4.52. The Balaban J connectivity index is 2.48. The van der Waals surface area contributed by atoms with E-state index in [2.05, 4.69) is 0 Å².